The molecule has 1 aliphatic heterocycles. The third-order valence-electron chi connectivity index (χ3n) is 6.04. The number of hydrogen-bond donors (Lipinski definition) is 2. The third-order valence-corrected chi connectivity index (χ3v) is 7.06. The lowest BCUT2D eigenvalue weighted by Gasteiger charge is -2.33. The predicted molar refractivity (Wildman–Crippen MR) is 118 cm³/mol. The minimum atomic E-state index is -0.888. The van der Waals surface area contributed by atoms with Crippen molar-refractivity contribution >= 4 is 29.6 Å². The molecule has 1 aromatic heterocycles. The number of aromatic nitrogens is 3. The molecule has 10 nitrogen and oxygen atoms in total. The van der Waals surface area contributed by atoms with Gasteiger partial charge >= 0.3 is 6.03 Å². The summed E-state index contributed by atoms with van der Waals surface area (Å²) in [6.07, 6.45) is 2.92. The maximum atomic E-state index is 12.9. The Morgan fingerprint density at radius 3 is 2.59 bits per heavy atom. The molecule has 11 heteroatoms. The van der Waals surface area contributed by atoms with E-state index in [9.17, 15) is 14.4 Å². The Labute approximate surface area is 190 Å². The van der Waals surface area contributed by atoms with Crippen LogP contribution in [-0.2, 0) is 16.6 Å². The van der Waals surface area contributed by atoms with E-state index in [1.165, 1.54) is 11.8 Å². The van der Waals surface area contributed by atoms with Gasteiger partial charge in [-0.25, -0.2) is 4.79 Å². The summed E-state index contributed by atoms with van der Waals surface area (Å²) in [5.41, 5.74) is 2.42. The minimum absolute atomic E-state index is 0.0182. The van der Waals surface area contributed by atoms with Crippen molar-refractivity contribution in [3.8, 4) is 17.1 Å². The Hall–Kier alpha value is -3.08. The van der Waals surface area contributed by atoms with E-state index in [0.717, 1.165) is 29.2 Å². The first kappa shape index (κ1) is 22.1. The average molecular weight is 459 g/mol. The Kier molecular flexibility index (Phi) is 6.09. The fraction of sp³-hybridized carbons (Fsp3) is 0.476. The van der Waals surface area contributed by atoms with Crippen LogP contribution in [0, 0.1) is 5.92 Å². The molecule has 1 aliphatic carbocycles. The van der Waals surface area contributed by atoms with Crippen LogP contribution in [0.5, 0.6) is 5.75 Å². The van der Waals surface area contributed by atoms with Gasteiger partial charge in [-0.1, -0.05) is 18.7 Å². The molecule has 0 unspecified atom stereocenters. The molecule has 170 valence electrons. The normalized spacial score (nSPS) is 22.8. The van der Waals surface area contributed by atoms with Crippen LogP contribution in [0.3, 0.4) is 0 Å². The molecule has 0 radical (unpaired) electrons. The fourth-order valence-corrected chi connectivity index (χ4v) is 4.74. The van der Waals surface area contributed by atoms with Gasteiger partial charge in [0.05, 0.1) is 12.9 Å². The largest absolute Gasteiger partial charge is 0.497 e. The van der Waals surface area contributed by atoms with E-state index in [2.05, 4.69) is 27.9 Å². The highest BCUT2D eigenvalue weighted by Crippen LogP contribution is 2.35. The van der Waals surface area contributed by atoms with E-state index in [4.69, 9.17) is 4.74 Å². The molecule has 1 spiro atoms. The predicted octanol–water partition coefficient (Wildman–Crippen LogP) is 2.11. The van der Waals surface area contributed by atoms with E-state index >= 15 is 0 Å². The molecule has 1 aromatic carbocycles. The summed E-state index contributed by atoms with van der Waals surface area (Å²) in [5.74, 6) is 1.06. The smallest absolute Gasteiger partial charge is 0.344 e. The number of hydrogen-bond acceptors (Lipinski definition) is 7. The number of hydrazine groups is 1. The van der Waals surface area contributed by atoms with Gasteiger partial charge in [0, 0.05) is 12.6 Å². The van der Waals surface area contributed by atoms with Crippen molar-refractivity contribution in [1.29, 1.82) is 0 Å². The van der Waals surface area contributed by atoms with Crippen molar-refractivity contribution in [3.05, 3.63) is 24.3 Å². The summed E-state index contributed by atoms with van der Waals surface area (Å²) in [5, 5.41) is 12.5. The van der Waals surface area contributed by atoms with Gasteiger partial charge in [-0.05, 0) is 55.9 Å². The zero-order chi connectivity index (χ0) is 22.9. The highest BCUT2D eigenvalue weighted by molar-refractivity contribution is 7.99. The maximum absolute atomic E-state index is 12.9. The van der Waals surface area contributed by atoms with Crippen LogP contribution in [0.25, 0.3) is 11.4 Å². The van der Waals surface area contributed by atoms with Crippen molar-refractivity contribution in [2.45, 2.75) is 43.3 Å². The van der Waals surface area contributed by atoms with Gasteiger partial charge in [0.1, 0.15) is 11.3 Å². The zero-order valence-electron chi connectivity index (χ0n) is 18.3. The number of urea groups is 1. The molecular formula is C21H26N6O4S. The van der Waals surface area contributed by atoms with Crippen LogP contribution < -0.4 is 15.5 Å². The molecular weight excluding hydrogens is 432 g/mol. The van der Waals surface area contributed by atoms with Gasteiger partial charge in [-0.2, -0.15) is 5.01 Å². The Morgan fingerprint density at radius 2 is 1.94 bits per heavy atom. The van der Waals surface area contributed by atoms with Gasteiger partial charge < -0.3 is 14.6 Å². The van der Waals surface area contributed by atoms with Gasteiger partial charge in [-0.15, -0.1) is 10.2 Å². The molecule has 2 aliphatic rings. The molecule has 2 fully saturated rings. The number of carbonyl (C=O) groups is 3. The molecule has 1 saturated carbocycles. The zero-order valence-corrected chi connectivity index (χ0v) is 19.1. The second kappa shape index (κ2) is 8.81. The van der Waals surface area contributed by atoms with Crippen LogP contribution in [0.4, 0.5) is 4.79 Å². The van der Waals surface area contributed by atoms with E-state index < -0.39 is 17.5 Å². The molecule has 4 amide bonds. The van der Waals surface area contributed by atoms with E-state index in [1.54, 1.807) is 11.7 Å². The lowest BCUT2D eigenvalue weighted by Crippen LogP contribution is -2.51. The summed E-state index contributed by atoms with van der Waals surface area (Å²) < 4.78 is 6.95. The number of ether oxygens (including phenoxy) is 1. The van der Waals surface area contributed by atoms with E-state index in [0.29, 0.717) is 29.7 Å². The van der Waals surface area contributed by atoms with Crippen molar-refractivity contribution in [1.82, 2.24) is 30.5 Å². The van der Waals surface area contributed by atoms with Gasteiger partial charge in [0.15, 0.2) is 11.0 Å². The summed E-state index contributed by atoms with van der Waals surface area (Å²) in [4.78, 5) is 37.7. The topological polar surface area (TPSA) is 118 Å². The summed E-state index contributed by atoms with van der Waals surface area (Å²) in [7, 11) is 3.41. The quantitative estimate of drug-likeness (QED) is 0.503. The summed E-state index contributed by atoms with van der Waals surface area (Å²) in [6, 6.07) is 6.85. The van der Waals surface area contributed by atoms with E-state index in [-0.39, 0.29) is 11.7 Å². The number of amides is 4. The number of carbonyl (C=O) groups excluding carboxylic acids is 3. The Balaban J connectivity index is 1.36. The van der Waals surface area contributed by atoms with Crippen molar-refractivity contribution in [2.24, 2.45) is 13.0 Å². The number of thioether (sulfide) groups is 1. The molecule has 1 saturated heterocycles. The van der Waals surface area contributed by atoms with Crippen molar-refractivity contribution < 1.29 is 19.1 Å². The lowest BCUT2D eigenvalue weighted by molar-refractivity contribution is -0.139. The first-order valence-corrected chi connectivity index (χ1v) is 11.4. The fourth-order valence-electron chi connectivity index (χ4n) is 4.03. The molecule has 0 bridgehead atoms. The minimum Gasteiger partial charge on any atom is -0.497 e. The van der Waals surface area contributed by atoms with Crippen LogP contribution >= 0.6 is 11.8 Å². The number of methoxy groups -OCH3 is 1. The van der Waals surface area contributed by atoms with Gasteiger partial charge in [0.25, 0.3) is 5.91 Å². The number of nitrogens with zero attached hydrogens (tertiary/aromatic N) is 4. The van der Waals surface area contributed by atoms with Crippen molar-refractivity contribution in [3.63, 3.8) is 0 Å². The van der Waals surface area contributed by atoms with Crippen LogP contribution in [0.1, 0.15) is 32.6 Å². The molecule has 2 aromatic rings. The van der Waals surface area contributed by atoms with Gasteiger partial charge in [0.2, 0.25) is 5.91 Å². The number of rotatable bonds is 6. The monoisotopic (exact) mass is 458 g/mol. The first-order valence-electron chi connectivity index (χ1n) is 10.5. The van der Waals surface area contributed by atoms with Crippen LogP contribution in [0.2, 0.25) is 0 Å². The standard InChI is InChI=1S/C21H26N6O4S/c1-13-8-10-21(11-9-13)18(29)27(19(30)22-21)25-16(28)12-32-20-24-23-17(26(20)2)14-4-6-15(31-3)7-5-14/h4-7,13H,8-12H2,1-3H3,(H,22,30)(H,25,28). The van der Waals surface area contributed by atoms with Crippen LogP contribution in [-0.4, -0.2) is 56.0 Å². The first-order chi connectivity index (χ1) is 15.3. The molecule has 2 N–H and O–H groups in total. The SMILES string of the molecule is COc1ccc(-c2nnc(SCC(=O)NN3C(=O)NC4(CCC(C)CC4)C3=O)n2C)cc1. The van der Waals surface area contributed by atoms with Crippen LogP contribution in [0.15, 0.2) is 29.4 Å². The molecule has 2 heterocycles. The third kappa shape index (κ3) is 4.16. The van der Waals surface area contributed by atoms with Gasteiger partial charge in [-0.3, -0.25) is 15.0 Å². The molecule has 0 atom stereocenters. The Bertz CT molecular complexity index is 1030. The number of nitrogens with one attached hydrogen (secondary N) is 2. The second-order valence-electron chi connectivity index (χ2n) is 8.25. The molecule has 32 heavy (non-hydrogen) atoms. The van der Waals surface area contributed by atoms with Crippen molar-refractivity contribution in [2.75, 3.05) is 12.9 Å². The Morgan fingerprint density at radius 1 is 1.25 bits per heavy atom. The second-order valence-corrected chi connectivity index (χ2v) is 9.20. The average Bonchev–Trinajstić information content (AvgIpc) is 3.27. The highest BCUT2D eigenvalue weighted by Gasteiger charge is 2.52. The number of imide groups is 1. The summed E-state index contributed by atoms with van der Waals surface area (Å²) >= 11 is 1.17. The molecule has 4 rings (SSSR count). The highest BCUT2D eigenvalue weighted by atomic mass is 32.2. The number of benzene rings is 1. The summed E-state index contributed by atoms with van der Waals surface area (Å²) in [6.45, 7) is 2.14. The lowest BCUT2D eigenvalue weighted by atomic mass is 9.77. The van der Waals surface area contributed by atoms with E-state index in [1.807, 2.05) is 31.3 Å². The maximum Gasteiger partial charge on any atom is 0.344 e.